The molecule has 3 atom stereocenters. The van der Waals surface area contributed by atoms with Gasteiger partial charge in [-0.25, -0.2) is 0 Å². The summed E-state index contributed by atoms with van der Waals surface area (Å²) in [5.41, 5.74) is -0.740. The summed E-state index contributed by atoms with van der Waals surface area (Å²) >= 11 is 0. The second-order valence-electron chi connectivity index (χ2n) is 6.00. The van der Waals surface area contributed by atoms with E-state index in [4.69, 9.17) is 0 Å². The summed E-state index contributed by atoms with van der Waals surface area (Å²) in [7, 11) is 0. The average molecular weight is 268 g/mol. The first-order chi connectivity index (χ1) is 9.00. The Morgan fingerprint density at radius 2 is 2.21 bits per heavy atom. The zero-order valence-electron chi connectivity index (χ0n) is 11.8. The Kier molecular flexibility index (Phi) is 4.13. The number of carbonyl (C=O) groups excluding carboxylic acids is 1. The molecule has 2 aliphatic heterocycles. The number of carboxylic acid groups (broad SMARTS) is 1. The lowest BCUT2D eigenvalue weighted by Crippen LogP contribution is -2.54. The number of aliphatic carboxylic acids is 1. The highest BCUT2D eigenvalue weighted by atomic mass is 16.4. The number of nitrogens with one attached hydrogen (secondary N) is 1. The predicted molar refractivity (Wildman–Crippen MR) is 71.7 cm³/mol. The fourth-order valence-corrected chi connectivity index (χ4v) is 3.30. The third kappa shape index (κ3) is 2.61. The SMILES string of the molecule is CCC1(C(=O)O)CCCN(C(=O)C2NCCC2C)C1. The largest absolute Gasteiger partial charge is 0.481 e. The summed E-state index contributed by atoms with van der Waals surface area (Å²) < 4.78 is 0. The fourth-order valence-electron chi connectivity index (χ4n) is 3.30. The lowest BCUT2D eigenvalue weighted by molar-refractivity contribution is -0.155. The Labute approximate surface area is 114 Å². The molecule has 5 nitrogen and oxygen atoms in total. The van der Waals surface area contributed by atoms with Gasteiger partial charge in [0.1, 0.15) is 0 Å². The van der Waals surface area contributed by atoms with Crippen LogP contribution in [0, 0.1) is 11.3 Å². The lowest BCUT2D eigenvalue weighted by atomic mass is 9.77. The molecule has 0 bridgehead atoms. The first-order valence-electron chi connectivity index (χ1n) is 7.26. The summed E-state index contributed by atoms with van der Waals surface area (Å²) in [5, 5.41) is 12.7. The molecule has 0 radical (unpaired) electrons. The monoisotopic (exact) mass is 268 g/mol. The van der Waals surface area contributed by atoms with Gasteiger partial charge in [0.05, 0.1) is 11.5 Å². The summed E-state index contributed by atoms with van der Waals surface area (Å²) in [5.74, 6) is -0.334. The van der Waals surface area contributed by atoms with Gasteiger partial charge >= 0.3 is 5.97 Å². The van der Waals surface area contributed by atoms with Crippen molar-refractivity contribution in [2.24, 2.45) is 11.3 Å². The van der Waals surface area contributed by atoms with E-state index in [2.05, 4.69) is 12.2 Å². The van der Waals surface area contributed by atoms with Crippen molar-refractivity contribution in [3.8, 4) is 0 Å². The number of piperidine rings is 1. The first-order valence-corrected chi connectivity index (χ1v) is 7.26. The molecule has 2 rings (SSSR count). The number of amides is 1. The van der Waals surface area contributed by atoms with Crippen LogP contribution in [-0.2, 0) is 9.59 Å². The fraction of sp³-hybridized carbons (Fsp3) is 0.857. The normalized spacial score (nSPS) is 35.4. The molecule has 0 aliphatic carbocycles. The van der Waals surface area contributed by atoms with Gasteiger partial charge in [-0.3, -0.25) is 9.59 Å². The van der Waals surface area contributed by atoms with Crippen LogP contribution in [0.25, 0.3) is 0 Å². The van der Waals surface area contributed by atoms with E-state index in [0.717, 1.165) is 19.4 Å². The molecule has 0 aromatic carbocycles. The van der Waals surface area contributed by atoms with Crippen LogP contribution in [0.5, 0.6) is 0 Å². The highest BCUT2D eigenvalue weighted by Crippen LogP contribution is 2.34. The molecule has 2 saturated heterocycles. The molecule has 5 heteroatoms. The van der Waals surface area contributed by atoms with E-state index in [-0.39, 0.29) is 11.9 Å². The van der Waals surface area contributed by atoms with Crippen LogP contribution < -0.4 is 5.32 Å². The van der Waals surface area contributed by atoms with Crippen LogP contribution in [0.3, 0.4) is 0 Å². The van der Waals surface area contributed by atoms with Gasteiger partial charge in [0.15, 0.2) is 0 Å². The zero-order valence-corrected chi connectivity index (χ0v) is 11.8. The van der Waals surface area contributed by atoms with Crippen molar-refractivity contribution in [1.82, 2.24) is 10.2 Å². The molecule has 2 fully saturated rings. The second kappa shape index (κ2) is 5.49. The topological polar surface area (TPSA) is 69.6 Å². The minimum absolute atomic E-state index is 0.0868. The number of rotatable bonds is 3. The number of carboxylic acids is 1. The zero-order chi connectivity index (χ0) is 14.0. The van der Waals surface area contributed by atoms with Crippen molar-refractivity contribution in [1.29, 1.82) is 0 Å². The molecule has 19 heavy (non-hydrogen) atoms. The van der Waals surface area contributed by atoms with Crippen molar-refractivity contribution in [3.05, 3.63) is 0 Å². The average Bonchev–Trinajstić information content (AvgIpc) is 2.84. The molecule has 2 aliphatic rings. The summed E-state index contributed by atoms with van der Waals surface area (Å²) in [6.45, 7) is 5.92. The third-order valence-corrected chi connectivity index (χ3v) is 4.82. The summed E-state index contributed by atoms with van der Waals surface area (Å²) in [6, 6.07) is -0.124. The van der Waals surface area contributed by atoms with E-state index in [0.29, 0.717) is 31.8 Å². The number of hydrogen-bond donors (Lipinski definition) is 2. The molecule has 2 heterocycles. The van der Waals surface area contributed by atoms with Gasteiger partial charge in [-0.15, -0.1) is 0 Å². The second-order valence-corrected chi connectivity index (χ2v) is 6.00. The smallest absolute Gasteiger partial charge is 0.311 e. The van der Waals surface area contributed by atoms with Crippen LogP contribution in [0.4, 0.5) is 0 Å². The molecule has 0 saturated carbocycles. The molecule has 3 unspecified atom stereocenters. The van der Waals surface area contributed by atoms with E-state index in [1.807, 2.05) is 6.92 Å². The highest BCUT2D eigenvalue weighted by molar-refractivity contribution is 5.84. The maximum atomic E-state index is 12.5. The molecule has 2 N–H and O–H groups in total. The van der Waals surface area contributed by atoms with Gasteiger partial charge in [-0.1, -0.05) is 13.8 Å². The van der Waals surface area contributed by atoms with Crippen LogP contribution in [0.1, 0.15) is 39.5 Å². The van der Waals surface area contributed by atoms with Gasteiger partial charge in [-0.2, -0.15) is 0 Å². The van der Waals surface area contributed by atoms with Crippen molar-refractivity contribution >= 4 is 11.9 Å². The van der Waals surface area contributed by atoms with E-state index < -0.39 is 11.4 Å². The van der Waals surface area contributed by atoms with E-state index in [9.17, 15) is 14.7 Å². The number of carbonyl (C=O) groups is 2. The Morgan fingerprint density at radius 3 is 2.74 bits per heavy atom. The molecule has 0 aromatic rings. The van der Waals surface area contributed by atoms with Crippen molar-refractivity contribution in [2.45, 2.75) is 45.6 Å². The highest BCUT2D eigenvalue weighted by Gasteiger charge is 2.44. The molecule has 0 aromatic heterocycles. The minimum Gasteiger partial charge on any atom is -0.481 e. The summed E-state index contributed by atoms with van der Waals surface area (Å²) in [4.78, 5) is 25.8. The molecule has 108 valence electrons. The Hall–Kier alpha value is -1.10. The molecule has 1 amide bonds. The van der Waals surface area contributed by atoms with E-state index in [1.54, 1.807) is 4.90 Å². The Bertz CT molecular complexity index is 372. The predicted octanol–water partition coefficient (Wildman–Crippen LogP) is 1.09. The number of nitrogens with zero attached hydrogens (tertiary/aromatic N) is 1. The Balaban J connectivity index is 2.08. The maximum Gasteiger partial charge on any atom is 0.311 e. The quantitative estimate of drug-likeness (QED) is 0.804. The van der Waals surface area contributed by atoms with Gasteiger partial charge in [0.2, 0.25) is 5.91 Å². The first kappa shape index (κ1) is 14.3. The van der Waals surface area contributed by atoms with E-state index in [1.165, 1.54) is 0 Å². The van der Waals surface area contributed by atoms with Crippen LogP contribution >= 0.6 is 0 Å². The van der Waals surface area contributed by atoms with Crippen molar-refractivity contribution in [3.63, 3.8) is 0 Å². The molecular formula is C14H24N2O3. The molecule has 0 spiro atoms. The minimum atomic E-state index is -0.764. The van der Waals surface area contributed by atoms with Crippen LogP contribution in [0.15, 0.2) is 0 Å². The molecular weight excluding hydrogens is 244 g/mol. The Morgan fingerprint density at radius 1 is 1.47 bits per heavy atom. The standard InChI is InChI=1S/C14H24N2O3/c1-3-14(13(18)19)6-4-8-16(9-14)12(17)11-10(2)5-7-15-11/h10-11,15H,3-9H2,1-2H3,(H,18,19). The number of likely N-dealkylation sites (tertiary alicyclic amines) is 1. The van der Waals surface area contributed by atoms with Gasteiger partial charge in [0.25, 0.3) is 0 Å². The van der Waals surface area contributed by atoms with Crippen LogP contribution in [0.2, 0.25) is 0 Å². The number of hydrogen-bond acceptors (Lipinski definition) is 3. The van der Waals surface area contributed by atoms with Crippen molar-refractivity contribution in [2.75, 3.05) is 19.6 Å². The van der Waals surface area contributed by atoms with Crippen molar-refractivity contribution < 1.29 is 14.7 Å². The maximum absolute atomic E-state index is 12.5. The summed E-state index contributed by atoms with van der Waals surface area (Å²) in [6.07, 6.45) is 3.06. The third-order valence-electron chi connectivity index (χ3n) is 4.82. The van der Waals surface area contributed by atoms with Gasteiger partial charge in [0, 0.05) is 13.1 Å². The lowest BCUT2D eigenvalue weighted by Gasteiger charge is -2.40. The van der Waals surface area contributed by atoms with Gasteiger partial charge in [-0.05, 0) is 38.1 Å². The van der Waals surface area contributed by atoms with E-state index >= 15 is 0 Å². The van der Waals surface area contributed by atoms with Crippen LogP contribution in [-0.4, -0.2) is 47.6 Å². The van der Waals surface area contributed by atoms with Gasteiger partial charge < -0.3 is 15.3 Å².